The number of fused-ring (bicyclic) bond motifs is 1. The Bertz CT molecular complexity index is 1240. The zero-order valence-corrected chi connectivity index (χ0v) is 20.3. The molecule has 0 N–H and O–H groups in total. The summed E-state index contributed by atoms with van der Waals surface area (Å²) in [5.41, 5.74) is 1.51. The maximum Gasteiger partial charge on any atom is 0.246 e. The summed E-state index contributed by atoms with van der Waals surface area (Å²) in [5.74, 6) is 2.61. The van der Waals surface area contributed by atoms with Gasteiger partial charge in [-0.05, 0) is 49.8 Å². The Balaban J connectivity index is 1.73. The maximum atomic E-state index is 12.3. The number of carbonyl (C=O) groups excluding carboxylic acids is 1. The predicted octanol–water partition coefficient (Wildman–Crippen LogP) is 3.61. The Labute approximate surface area is 205 Å². The fourth-order valence-electron chi connectivity index (χ4n) is 4.20. The van der Waals surface area contributed by atoms with Crippen LogP contribution in [0.25, 0.3) is 23.1 Å². The molecule has 0 aliphatic carbocycles. The van der Waals surface area contributed by atoms with Gasteiger partial charge < -0.3 is 19.3 Å². The van der Waals surface area contributed by atoms with E-state index in [1.54, 1.807) is 13.2 Å². The summed E-state index contributed by atoms with van der Waals surface area (Å²) in [4.78, 5) is 34.4. The zero-order valence-electron chi connectivity index (χ0n) is 20.3. The summed E-state index contributed by atoms with van der Waals surface area (Å²) in [6.45, 7) is 10.2. The van der Waals surface area contributed by atoms with Gasteiger partial charge in [0.1, 0.15) is 17.9 Å². The summed E-state index contributed by atoms with van der Waals surface area (Å²) in [6.07, 6.45) is 7.34. The fraction of sp³-hybridized carbons (Fsp3) is 0.346. The number of anilines is 1. The third-order valence-electron chi connectivity index (χ3n) is 5.96. The molecule has 1 atom stereocenters. The van der Waals surface area contributed by atoms with Crippen molar-refractivity contribution in [2.45, 2.75) is 26.3 Å². The molecular formula is C26H30N6O3. The smallest absolute Gasteiger partial charge is 0.246 e. The van der Waals surface area contributed by atoms with E-state index in [-0.39, 0.29) is 11.9 Å². The number of nitrogens with zero attached hydrogens (tertiary/aromatic N) is 6. The molecule has 0 radical (unpaired) electrons. The van der Waals surface area contributed by atoms with Crippen LogP contribution in [0.15, 0.2) is 43.2 Å². The average Bonchev–Trinajstić information content (AvgIpc) is 2.91. The lowest BCUT2D eigenvalue weighted by atomic mass is 10.1. The molecule has 9 heteroatoms. The van der Waals surface area contributed by atoms with Crippen LogP contribution in [0, 0.1) is 0 Å². The van der Waals surface area contributed by atoms with Gasteiger partial charge in [-0.15, -0.1) is 0 Å². The van der Waals surface area contributed by atoms with Gasteiger partial charge in [0.2, 0.25) is 11.8 Å². The molecular weight excluding hydrogens is 444 g/mol. The van der Waals surface area contributed by atoms with Gasteiger partial charge >= 0.3 is 0 Å². The van der Waals surface area contributed by atoms with Gasteiger partial charge in [0, 0.05) is 37.1 Å². The molecule has 0 unspecified atom stereocenters. The number of aromatic nitrogens is 4. The normalized spacial score (nSPS) is 16.0. The molecule has 3 heterocycles. The lowest BCUT2D eigenvalue weighted by molar-refractivity contribution is -0.128. The topological polar surface area (TPSA) is 93.6 Å². The highest BCUT2D eigenvalue weighted by Gasteiger charge is 2.29. The molecule has 1 fully saturated rings. The van der Waals surface area contributed by atoms with Crippen LogP contribution >= 0.6 is 0 Å². The molecule has 1 aromatic carbocycles. The first-order valence-electron chi connectivity index (χ1n) is 11.7. The Kier molecular flexibility index (Phi) is 7.54. The molecule has 1 aliphatic rings. The first-order chi connectivity index (χ1) is 17.1. The molecule has 1 amide bonds. The SMILES string of the molecule is C=CC(=O)N1CCN(c2nc(/C=C/c3cc(OC)ncn3)nc3ccc(OCC)cc23)C[C@@H]1CC. The second-order valence-corrected chi connectivity index (χ2v) is 8.08. The second kappa shape index (κ2) is 10.9. The van der Waals surface area contributed by atoms with Crippen molar-refractivity contribution in [1.29, 1.82) is 0 Å². The average molecular weight is 475 g/mol. The van der Waals surface area contributed by atoms with E-state index in [1.165, 1.54) is 12.4 Å². The Morgan fingerprint density at radius 1 is 1.17 bits per heavy atom. The molecule has 0 saturated carbocycles. The lowest BCUT2D eigenvalue weighted by Crippen LogP contribution is -2.55. The van der Waals surface area contributed by atoms with Crippen molar-refractivity contribution in [3.05, 3.63) is 54.8 Å². The number of rotatable bonds is 8. The van der Waals surface area contributed by atoms with E-state index in [1.807, 2.05) is 42.2 Å². The van der Waals surface area contributed by atoms with Gasteiger partial charge in [0.05, 0.1) is 24.9 Å². The maximum absolute atomic E-state index is 12.3. The standard InChI is InChI=1S/C26H30N6O3/c1-5-19-16-31(12-13-32(19)25(33)6-2)26-21-15-20(35-7-3)9-10-22(21)29-23(30-26)11-8-18-14-24(34-4)28-17-27-18/h6,8-11,14-15,17,19H,2,5,7,12-13,16H2,1,3-4H3/b11-8+/t19-/m0/s1. The van der Waals surface area contributed by atoms with E-state index in [4.69, 9.17) is 19.4 Å². The van der Waals surface area contributed by atoms with E-state index in [2.05, 4.69) is 28.4 Å². The number of benzene rings is 1. The number of methoxy groups -OCH3 is 1. The van der Waals surface area contributed by atoms with Gasteiger partial charge in [-0.2, -0.15) is 0 Å². The van der Waals surface area contributed by atoms with Crippen molar-refractivity contribution in [2.75, 3.05) is 38.3 Å². The highest BCUT2D eigenvalue weighted by Crippen LogP contribution is 2.30. The van der Waals surface area contributed by atoms with E-state index >= 15 is 0 Å². The van der Waals surface area contributed by atoms with E-state index in [0.717, 1.165) is 28.9 Å². The molecule has 182 valence electrons. The number of amides is 1. The van der Waals surface area contributed by atoms with Crippen molar-refractivity contribution in [3.63, 3.8) is 0 Å². The van der Waals surface area contributed by atoms with Crippen molar-refractivity contribution in [1.82, 2.24) is 24.8 Å². The van der Waals surface area contributed by atoms with E-state index in [9.17, 15) is 4.79 Å². The largest absolute Gasteiger partial charge is 0.494 e. The summed E-state index contributed by atoms with van der Waals surface area (Å²) in [5, 5.41) is 0.912. The number of carbonyl (C=O) groups is 1. The monoisotopic (exact) mass is 474 g/mol. The molecule has 0 spiro atoms. The minimum absolute atomic E-state index is 0.0356. The van der Waals surface area contributed by atoms with Crippen LogP contribution in [0.2, 0.25) is 0 Å². The van der Waals surface area contributed by atoms with Crippen LogP contribution in [0.4, 0.5) is 5.82 Å². The lowest BCUT2D eigenvalue weighted by Gasteiger charge is -2.41. The van der Waals surface area contributed by atoms with Crippen molar-refractivity contribution >= 4 is 34.8 Å². The minimum atomic E-state index is -0.0356. The Hall–Kier alpha value is -4.01. The van der Waals surface area contributed by atoms with Crippen LogP contribution in [-0.2, 0) is 4.79 Å². The molecule has 1 aliphatic heterocycles. The number of hydrogen-bond acceptors (Lipinski definition) is 8. The predicted molar refractivity (Wildman–Crippen MR) is 136 cm³/mol. The first-order valence-corrected chi connectivity index (χ1v) is 11.7. The number of piperazine rings is 1. The van der Waals surface area contributed by atoms with Crippen molar-refractivity contribution in [2.24, 2.45) is 0 Å². The van der Waals surface area contributed by atoms with Gasteiger partial charge in [-0.25, -0.2) is 19.9 Å². The second-order valence-electron chi connectivity index (χ2n) is 8.08. The summed E-state index contributed by atoms with van der Waals surface area (Å²) >= 11 is 0. The van der Waals surface area contributed by atoms with Crippen molar-refractivity contribution in [3.8, 4) is 11.6 Å². The minimum Gasteiger partial charge on any atom is -0.494 e. The third kappa shape index (κ3) is 5.40. The molecule has 4 rings (SSSR count). The fourth-order valence-corrected chi connectivity index (χ4v) is 4.20. The Morgan fingerprint density at radius 3 is 2.77 bits per heavy atom. The van der Waals surface area contributed by atoms with Gasteiger partial charge in [-0.3, -0.25) is 4.79 Å². The van der Waals surface area contributed by atoms with E-state index in [0.29, 0.717) is 43.6 Å². The van der Waals surface area contributed by atoms with Crippen LogP contribution in [-0.4, -0.2) is 70.1 Å². The van der Waals surface area contributed by atoms with Crippen molar-refractivity contribution < 1.29 is 14.3 Å². The van der Waals surface area contributed by atoms with Gasteiger partial charge in [0.25, 0.3) is 0 Å². The highest BCUT2D eigenvalue weighted by molar-refractivity contribution is 5.92. The number of ether oxygens (including phenoxy) is 2. The summed E-state index contributed by atoms with van der Waals surface area (Å²) in [7, 11) is 1.57. The Morgan fingerprint density at radius 2 is 2.03 bits per heavy atom. The zero-order chi connectivity index (χ0) is 24.8. The van der Waals surface area contributed by atoms with E-state index < -0.39 is 0 Å². The number of hydrogen-bond donors (Lipinski definition) is 0. The van der Waals surface area contributed by atoms with Crippen LogP contribution in [0.5, 0.6) is 11.6 Å². The quantitative estimate of drug-likeness (QED) is 0.457. The first kappa shape index (κ1) is 24.1. The summed E-state index contributed by atoms with van der Waals surface area (Å²) in [6, 6.07) is 7.67. The third-order valence-corrected chi connectivity index (χ3v) is 5.96. The van der Waals surface area contributed by atoms with Gasteiger partial charge in [-0.1, -0.05) is 13.5 Å². The summed E-state index contributed by atoms with van der Waals surface area (Å²) < 4.78 is 10.9. The molecule has 35 heavy (non-hydrogen) atoms. The van der Waals surface area contributed by atoms with Crippen LogP contribution in [0.3, 0.4) is 0 Å². The molecule has 1 saturated heterocycles. The van der Waals surface area contributed by atoms with Crippen LogP contribution < -0.4 is 14.4 Å². The van der Waals surface area contributed by atoms with Crippen LogP contribution in [0.1, 0.15) is 31.8 Å². The molecule has 2 aromatic heterocycles. The molecule has 0 bridgehead atoms. The molecule has 3 aromatic rings. The highest BCUT2D eigenvalue weighted by atomic mass is 16.5. The molecule has 9 nitrogen and oxygen atoms in total. The van der Waals surface area contributed by atoms with Gasteiger partial charge in [0.15, 0.2) is 5.82 Å².